The Morgan fingerprint density at radius 1 is 1.15 bits per heavy atom. The predicted molar refractivity (Wildman–Crippen MR) is 84.2 cm³/mol. The predicted octanol–water partition coefficient (Wildman–Crippen LogP) is 3.19. The summed E-state index contributed by atoms with van der Waals surface area (Å²) >= 11 is 4.72. The van der Waals surface area contributed by atoms with Gasteiger partial charge in [0.2, 0.25) is 5.91 Å². The molecule has 4 nitrogen and oxygen atoms in total. The van der Waals surface area contributed by atoms with Gasteiger partial charge in [-0.25, -0.2) is 0 Å². The van der Waals surface area contributed by atoms with E-state index in [2.05, 4.69) is 26.6 Å². The molecule has 0 aliphatic heterocycles. The van der Waals surface area contributed by atoms with Crippen molar-refractivity contribution in [3.8, 4) is 0 Å². The number of hydrogen-bond donors (Lipinski definition) is 2. The number of nitrogens with one attached hydrogen (secondary N) is 2. The fourth-order valence-corrected chi connectivity index (χ4v) is 2.59. The number of anilines is 1. The van der Waals surface area contributed by atoms with Gasteiger partial charge in [-0.2, -0.15) is 0 Å². The molecule has 2 amide bonds. The largest absolute Gasteiger partial charge is 0.342 e. The Morgan fingerprint density at radius 3 is 2.45 bits per heavy atom. The first-order valence-electron chi connectivity index (χ1n) is 5.94. The minimum Gasteiger partial charge on any atom is -0.342 e. The van der Waals surface area contributed by atoms with Crippen molar-refractivity contribution in [2.45, 2.75) is 6.92 Å². The van der Waals surface area contributed by atoms with E-state index < -0.39 is 0 Å². The van der Waals surface area contributed by atoms with Gasteiger partial charge in [-0.1, -0.05) is 15.9 Å². The molecule has 104 valence electrons. The number of halogens is 1. The van der Waals surface area contributed by atoms with Crippen LogP contribution in [-0.4, -0.2) is 18.4 Å². The van der Waals surface area contributed by atoms with Gasteiger partial charge in [0, 0.05) is 15.0 Å². The van der Waals surface area contributed by atoms with E-state index in [9.17, 15) is 9.59 Å². The minimum absolute atomic E-state index is 0.0498. The molecule has 0 aliphatic rings. The van der Waals surface area contributed by atoms with Crippen LogP contribution in [0.4, 0.5) is 5.69 Å². The summed E-state index contributed by atoms with van der Waals surface area (Å²) in [5, 5.41) is 5.30. The third-order valence-corrected chi connectivity index (χ3v) is 4.03. The SMILES string of the molecule is Cc1ccc(C(=O)NCC(=O)Nc2ccc(Br)cc2)s1. The molecule has 0 radical (unpaired) electrons. The summed E-state index contributed by atoms with van der Waals surface area (Å²) in [4.78, 5) is 25.2. The van der Waals surface area contributed by atoms with Gasteiger partial charge in [-0.05, 0) is 43.3 Å². The molecule has 1 aromatic carbocycles. The Labute approximate surface area is 129 Å². The van der Waals surface area contributed by atoms with Crippen molar-refractivity contribution in [2.24, 2.45) is 0 Å². The first kappa shape index (κ1) is 14.7. The van der Waals surface area contributed by atoms with Crippen LogP contribution in [0.2, 0.25) is 0 Å². The second-order valence-corrected chi connectivity index (χ2v) is 6.35. The Morgan fingerprint density at radius 2 is 1.85 bits per heavy atom. The Bertz CT molecular complexity index is 622. The Hall–Kier alpha value is -1.66. The van der Waals surface area contributed by atoms with Crippen LogP contribution in [0.3, 0.4) is 0 Å². The number of rotatable bonds is 4. The molecule has 0 bridgehead atoms. The van der Waals surface area contributed by atoms with Crippen molar-refractivity contribution in [1.29, 1.82) is 0 Å². The van der Waals surface area contributed by atoms with E-state index in [1.165, 1.54) is 11.3 Å². The van der Waals surface area contributed by atoms with Crippen LogP contribution in [0.5, 0.6) is 0 Å². The summed E-state index contributed by atoms with van der Waals surface area (Å²) in [7, 11) is 0. The van der Waals surface area contributed by atoms with Crippen molar-refractivity contribution in [1.82, 2.24) is 5.32 Å². The normalized spacial score (nSPS) is 10.1. The fraction of sp³-hybridized carbons (Fsp3) is 0.143. The molecule has 2 N–H and O–H groups in total. The Kier molecular flexibility index (Phi) is 4.92. The topological polar surface area (TPSA) is 58.2 Å². The summed E-state index contributed by atoms with van der Waals surface area (Å²) in [6, 6.07) is 10.9. The van der Waals surface area contributed by atoms with E-state index >= 15 is 0 Å². The molecule has 0 aliphatic carbocycles. The number of aryl methyl sites for hydroxylation is 1. The highest BCUT2D eigenvalue weighted by molar-refractivity contribution is 9.10. The summed E-state index contributed by atoms with van der Waals surface area (Å²) in [5.74, 6) is -0.483. The summed E-state index contributed by atoms with van der Waals surface area (Å²) in [5.41, 5.74) is 0.694. The zero-order valence-electron chi connectivity index (χ0n) is 10.8. The Balaban J connectivity index is 1.83. The van der Waals surface area contributed by atoms with Crippen molar-refractivity contribution in [3.05, 3.63) is 50.6 Å². The van der Waals surface area contributed by atoms with Crippen molar-refractivity contribution in [3.63, 3.8) is 0 Å². The number of thiophene rings is 1. The van der Waals surface area contributed by atoms with Gasteiger partial charge in [0.1, 0.15) is 0 Å². The van der Waals surface area contributed by atoms with Gasteiger partial charge in [-0.15, -0.1) is 11.3 Å². The molecule has 0 unspecified atom stereocenters. The maximum absolute atomic E-state index is 11.8. The zero-order valence-corrected chi connectivity index (χ0v) is 13.2. The smallest absolute Gasteiger partial charge is 0.261 e. The van der Waals surface area contributed by atoms with Crippen molar-refractivity contribution >= 4 is 44.8 Å². The van der Waals surface area contributed by atoms with Gasteiger partial charge >= 0.3 is 0 Å². The first-order valence-corrected chi connectivity index (χ1v) is 7.55. The number of amides is 2. The average Bonchev–Trinajstić information content (AvgIpc) is 2.85. The molecule has 0 spiro atoms. The summed E-state index contributed by atoms with van der Waals surface area (Å²) < 4.78 is 0.942. The van der Waals surface area contributed by atoms with Crippen LogP contribution in [0.1, 0.15) is 14.5 Å². The molecule has 6 heteroatoms. The van der Waals surface area contributed by atoms with Crippen LogP contribution in [0.15, 0.2) is 40.9 Å². The highest BCUT2D eigenvalue weighted by Gasteiger charge is 2.09. The van der Waals surface area contributed by atoms with Crippen LogP contribution in [0, 0.1) is 6.92 Å². The number of carbonyl (C=O) groups excluding carboxylic acids is 2. The zero-order chi connectivity index (χ0) is 14.5. The highest BCUT2D eigenvalue weighted by atomic mass is 79.9. The standard InChI is InChI=1S/C14H13BrN2O2S/c1-9-2-7-12(20-9)14(19)16-8-13(18)17-11-5-3-10(15)4-6-11/h2-7H,8H2,1H3,(H,16,19)(H,17,18). The van der Waals surface area contributed by atoms with E-state index in [1.54, 1.807) is 18.2 Å². The average molecular weight is 353 g/mol. The first-order chi connectivity index (χ1) is 9.54. The van der Waals surface area contributed by atoms with Gasteiger partial charge in [0.15, 0.2) is 0 Å². The molecule has 0 saturated carbocycles. The highest BCUT2D eigenvalue weighted by Crippen LogP contribution is 2.15. The second-order valence-electron chi connectivity index (χ2n) is 4.15. The van der Waals surface area contributed by atoms with Gasteiger partial charge in [0.25, 0.3) is 5.91 Å². The third kappa shape index (κ3) is 4.18. The quantitative estimate of drug-likeness (QED) is 0.887. The number of benzene rings is 1. The molecule has 0 saturated heterocycles. The lowest BCUT2D eigenvalue weighted by atomic mass is 10.3. The molecule has 2 aromatic rings. The maximum Gasteiger partial charge on any atom is 0.261 e. The molecule has 1 aromatic heterocycles. The summed E-state index contributed by atoms with van der Waals surface area (Å²) in [6.07, 6.45) is 0. The van der Waals surface area contributed by atoms with Crippen molar-refractivity contribution < 1.29 is 9.59 Å². The van der Waals surface area contributed by atoms with E-state index in [4.69, 9.17) is 0 Å². The van der Waals surface area contributed by atoms with Crippen LogP contribution in [0.25, 0.3) is 0 Å². The lowest BCUT2D eigenvalue weighted by Gasteiger charge is -2.06. The van der Waals surface area contributed by atoms with E-state index in [-0.39, 0.29) is 18.4 Å². The van der Waals surface area contributed by atoms with E-state index in [1.807, 2.05) is 25.1 Å². The fourth-order valence-electron chi connectivity index (χ4n) is 1.54. The van der Waals surface area contributed by atoms with Gasteiger partial charge in [-0.3, -0.25) is 9.59 Å². The lowest BCUT2D eigenvalue weighted by Crippen LogP contribution is -2.32. The van der Waals surface area contributed by atoms with Gasteiger partial charge in [0.05, 0.1) is 11.4 Å². The molecule has 1 heterocycles. The molecule has 2 rings (SSSR count). The number of hydrogen-bond acceptors (Lipinski definition) is 3. The van der Waals surface area contributed by atoms with Crippen LogP contribution in [-0.2, 0) is 4.79 Å². The molecule has 20 heavy (non-hydrogen) atoms. The molecular weight excluding hydrogens is 340 g/mol. The van der Waals surface area contributed by atoms with E-state index in [0.29, 0.717) is 10.6 Å². The molecule has 0 atom stereocenters. The molecule has 0 fully saturated rings. The van der Waals surface area contributed by atoms with Crippen molar-refractivity contribution in [2.75, 3.05) is 11.9 Å². The third-order valence-electron chi connectivity index (χ3n) is 2.50. The number of carbonyl (C=O) groups is 2. The second kappa shape index (κ2) is 6.67. The lowest BCUT2D eigenvalue weighted by molar-refractivity contribution is -0.115. The van der Waals surface area contributed by atoms with E-state index in [0.717, 1.165) is 9.35 Å². The molecular formula is C14H13BrN2O2S. The monoisotopic (exact) mass is 352 g/mol. The van der Waals surface area contributed by atoms with Crippen LogP contribution < -0.4 is 10.6 Å². The summed E-state index contributed by atoms with van der Waals surface area (Å²) in [6.45, 7) is 1.88. The van der Waals surface area contributed by atoms with Crippen LogP contribution >= 0.6 is 27.3 Å². The maximum atomic E-state index is 11.8. The minimum atomic E-state index is -0.256. The van der Waals surface area contributed by atoms with Gasteiger partial charge < -0.3 is 10.6 Å².